The highest BCUT2D eigenvalue weighted by Gasteiger charge is 2.17. The summed E-state index contributed by atoms with van der Waals surface area (Å²) in [6.07, 6.45) is 3.26. The van der Waals surface area contributed by atoms with E-state index >= 15 is 0 Å². The van der Waals surface area contributed by atoms with Crippen LogP contribution in [0.15, 0.2) is 18.2 Å². The number of benzene rings is 1. The summed E-state index contributed by atoms with van der Waals surface area (Å²) >= 11 is 0. The zero-order valence-electron chi connectivity index (χ0n) is 9.02. The highest BCUT2D eigenvalue weighted by molar-refractivity contribution is 5.98. The highest BCUT2D eigenvalue weighted by Crippen LogP contribution is 2.29. The number of rotatable bonds is 1. The molecular weight excluding hydrogens is 210 g/mol. The third-order valence-electron chi connectivity index (χ3n) is 2.83. The van der Waals surface area contributed by atoms with E-state index in [2.05, 4.69) is 0 Å². The van der Waals surface area contributed by atoms with Crippen LogP contribution in [-0.2, 0) is 4.79 Å². The van der Waals surface area contributed by atoms with E-state index in [4.69, 9.17) is 0 Å². The van der Waals surface area contributed by atoms with E-state index in [0.29, 0.717) is 24.8 Å². The maximum Gasteiger partial charge on any atom is 0.166 e. The second kappa shape index (κ2) is 4.16. The van der Waals surface area contributed by atoms with Crippen LogP contribution in [0.2, 0.25) is 0 Å². The maximum absolute atomic E-state index is 13.6. The van der Waals surface area contributed by atoms with Crippen LogP contribution < -0.4 is 0 Å². The first-order valence-electron chi connectivity index (χ1n) is 5.28. The van der Waals surface area contributed by atoms with Crippen molar-refractivity contribution in [2.45, 2.75) is 26.2 Å². The predicted molar refractivity (Wildman–Crippen MR) is 57.9 cm³/mol. The summed E-state index contributed by atoms with van der Waals surface area (Å²) in [6.45, 7) is 1.52. The minimum absolute atomic E-state index is 0.0124. The van der Waals surface area contributed by atoms with Gasteiger partial charge in [-0.05, 0) is 37.0 Å². The molecule has 0 heterocycles. The smallest absolute Gasteiger partial charge is 0.166 e. The minimum Gasteiger partial charge on any atom is -0.295 e. The lowest BCUT2D eigenvalue weighted by Crippen LogP contribution is -2.04. The Morgan fingerprint density at radius 1 is 1.12 bits per heavy atom. The molecule has 16 heavy (non-hydrogen) atoms. The van der Waals surface area contributed by atoms with E-state index in [9.17, 15) is 13.6 Å². The number of allylic oxidation sites excluding steroid dienone is 2. The lowest BCUT2D eigenvalue weighted by molar-refractivity contribution is -0.114. The molecule has 1 aromatic rings. The molecule has 0 N–H and O–H groups in total. The summed E-state index contributed by atoms with van der Waals surface area (Å²) in [5, 5.41) is 0. The van der Waals surface area contributed by atoms with Gasteiger partial charge in [0.25, 0.3) is 0 Å². The molecule has 0 radical (unpaired) electrons. The minimum atomic E-state index is -0.846. The number of hydrogen-bond acceptors (Lipinski definition) is 1. The van der Waals surface area contributed by atoms with E-state index in [0.717, 1.165) is 0 Å². The summed E-state index contributed by atoms with van der Waals surface area (Å²) in [5.74, 6) is -1.68. The summed E-state index contributed by atoms with van der Waals surface area (Å²) in [6, 6.07) is 3.08. The fourth-order valence-electron chi connectivity index (χ4n) is 1.90. The van der Waals surface area contributed by atoms with Gasteiger partial charge >= 0.3 is 0 Å². The lowest BCUT2D eigenvalue weighted by Gasteiger charge is -2.13. The normalized spacial score (nSPS) is 16.2. The third-order valence-corrected chi connectivity index (χ3v) is 2.83. The first kappa shape index (κ1) is 11.0. The Morgan fingerprint density at radius 2 is 1.88 bits per heavy atom. The van der Waals surface area contributed by atoms with Gasteiger partial charge < -0.3 is 0 Å². The van der Waals surface area contributed by atoms with Crippen LogP contribution in [0.3, 0.4) is 0 Å². The van der Waals surface area contributed by atoms with Gasteiger partial charge in [-0.15, -0.1) is 0 Å². The molecule has 0 unspecified atom stereocenters. The molecule has 0 atom stereocenters. The molecule has 0 aromatic heterocycles. The van der Waals surface area contributed by atoms with Crippen LogP contribution in [0.25, 0.3) is 5.57 Å². The number of carbonyl (C=O) groups excluding carboxylic acids is 1. The number of aryl methyl sites for hydroxylation is 1. The van der Waals surface area contributed by atoms with Crippen LogP contribution in [0, 0.1) is 18.6 Å². The average molecular weight is 222 g/mol. The quantitative estimate of drug-likeness (QED) is 0.711. The van der Waals surface area contributed by atoms with Gasteiger partial charge in [0, 0.05) is 12.0 Å². The first-order valence-corrected chi connectivity index (χ1v) is 5.28. The lowest BCUT2D eigenvalue weighted by atomic mass is 9.92. The molecule has 0 saturated carbocycles. The molecule has 84 valence electrons. The molecular formula is C13H12F2O. The Bertz CT molecular complexity index is 475. The van der Waals surface area contributed by atoms with E-state index in [-0.39, 0.29) is 16.9 Å². The average Bonchev–Trinajstić information content (AvgIpc) is 2.26. The molecule has 1 nitrogen and oxygen atoms in total. The second-order valence-corrected chi connectivity index (χ2v) is 4.05. The molecule has 0 fully saturated rings. The Kier molecular flexibility index (Phi) is 2.86. The maximum atomic E-state index is 13.6. The molecule has 3 heteroatoms. The van der Waals surface area contributed by atoms with Gasteiger partial charge in [0.1, 0.15) is 0 Å². The van der Waals surface area contributed by atoms with Crippen LogP contribution in [0.5, 0.6) is 0 Å². The van der Waals surface area contributed by atoms with Crippen molar-refractivity contribution in [1.82, 2.24) is 0 Å². The van der Waals surface area contributed by atoms with Crippen molar-refractivity contribution in [1.29, 1.82) is 0 Å². The van der Waals surface area contributed by atoms with Crippen molar-refractivity contribution in [3.8, 4) is 0 Å². The van der Waals surface area contributed by atoms with Gasteiger partial charge in [-0.25, -0.2) is 8.78 Å². The molecule has 0 bridgehead atoms. The molecule has 2 rings (SSSR count). The van der Waals surface area contributed by atoms with Crippen molar-refractivity contribution in [2.75, 3.05) is 0 Å². The Hall–Kier alpha value is -1.51. The van der Waals surface area contributed by atoms with Gasteiger partial charge in [0.15, 0.2) is 17.4 Å². The number of halogens is 2. The monoisotopic (exact) mass is 222 g/mol. The summed E-state index contributed by atoms with van der Waals surface area (Å²) in [4.78, 5) is 11.2. The van der Waals surface area contributed by atoms with Crippen LogP contribution in [-0.4, -0.2) is 5.78 Å². The van der Waals surface area contributed by atoms with E-state index in [1.165, 1.54) is 25.1 Å². The fourth-order valence-corrected chi connectivity index (χ4v) is 1.90. The summed E-state index contributed by atoms with van der Waals surface area (Å²) < 4.78 is 27.0. The predicted octanol–water partition coefficient (Wildman–Crippen LogP) is 3.41. The zero-order valence-corrected chi connectivity index (χ0v) is 9.02. The second-order valence-electron chi connectivity index (χ2n) is 4.05. The van der Waals surface area contributed by atoms with E-state index in [1.807, 2.05) is 0 Å². The number of carbonyl (C=O) groups is 1. The summed E-state index contributed by atoms with van der Waals surface area (Å²) in [5.41, 5.74) is 1.10. The molecule has 0 aliphatic heterocycles. The van der Waals surface area contributed by atoms with Crippen molar-refractivity contribution in [3.63, 3.8) is 0 Å². The zero-order chi connectivity index (χ0) is 11.7. The number of hydrogen-bond donors (Lipinski definition) is 0. The van der Waals surface area contributed by atoms with Gasteiger partial charge in [0.2, 0.25) is 0 Å². The largest absolute Gasteiger partial charge is 0.295 e. The third kappa shape index (κ3) is 1.90. The van der Waals surface area contributed by atoms with Crippen LogP contribution in [0.4, 0.5) is 8.78 Å². The molecule has 1 aliphatic rings. The van der Waals surface area contributed by atoms with Crippen LogP contribution >= 0.6 is 0 Å². The first-order chi connectivity index (χ1) is 7.59. The molecule has 0 spiro atoms. The van der Waals surface area contributed by atoms with Gasteiger partial charge in [0.05, 0.1) is 0 Å². The Morgan fingerprint density at radius 3 is 2.56 bits per heavy atom. The number of ketones is 1. The van der Waals surface area contributed by atoms with Gasteiger partial charge in [-0.2, -0.15) is 0 Å². The molecule has 1 aliphatic carbocycles. The van der Waals surface area contributed by atoms with Gasteiger partial charge in [-0.1, -0.05) is 12.1 Å². The van der Waals surface area contributed by atoms with Gasteiger partial charge in [-0.3, -0.25) is 4.79 Å². The van der Waals surface area contributed by atoms with Crippen molar-refractivity contribution >= 4 is 11.4 Å². The standard InChI is InChI=1S/C13H12F2O/c1-8-5-6-11(13(15)12(8)14)9-3-2-4-10(16)7-9/h5-7H,2-4H2,1H3. The van der Waals surface area contributed by atoms with Crippen molar-refractivity contribution in [3.05, 3.63) is 41.0 Å². The van der Waals surface area contributed by atoms with Crippen molar-refractivity contribution < 1.29 is 13.6 Å². The fraction of sp³-hybridized carbons (Fsp3) is 0.308. The molecule has 0 amide bonds. The highest BCUT2D eigenvalue weighted by atomic mass is 19.2. The SMILES string of the molecule is Cc1ccc(C2=CC(=O)CCC2)c(F)c1F. The van der Waals surface area contributed by atoms with E-state index in [1.54, 1.807) is 0 Å². The van der Waals surface area contributed by atoms with Crippen LogP contribution in [0.1, 0.15) is 30.4 Å². The van der Waals surface area contributed by atoms with Crippen molar-refractivity contribution in [2.24, 2.45) is 0 Å². The van der Waals surface area contributed by atoms with E-state index < -0.39 is 11.6 Å². The molecule has 1 aromatic carbocycles. The Balaban J connectivity index is 2.49. The Labute approximate surface area is 92.8 Å². The summed E-state index contributed by atoms with van der Waals surface area (Å²) in [7, 11) is 0. The molecule has 0 saturated heterocycles. The topological polar surface area (TPSA) is 17.1 Å².